The van der Waals surface area contributed by atoms with Crippen LogP contribution in [0.4, 0.5) is 4.39 Å². The number of guanidine groups is 1. The number of nitrogens with zero attached hydrogens (tertiary/aromatic N) is 1. The fourth-order valence-corrected chi connectivity index (χ4v) is 2.10. The van der Waals surface area contributed by atoms with Gasteiger partial charge in [0.1, 0.15) is 11.6 Å². The first-order chi connectivity index (χ1) is 10.7. The van der Waals surface area contributed by atoms with Gasteiger partial charge in [-0.05, 0) is 24.3 Å². The normalized spacial score (nSPS) is 11.2. The van der Waals surface area contributed by atoms with Crippen LogP contribution >= 0.6 is 0 Å². The van der Waals surface area contributed by atoms with Gasteiger partial charge in [-0.15, -0.1) is 9.35 Å². The zero-order valence-electron chi connectivity index (χ0n) is 11.8. The number of nitrogens with two attached hydrogens (primary N) is 1. The van der Waals surface area contributed by atoms with E-state index in [0.29, 0.717) is 6.26 Å². The molecule has 0 bridgehead atoms. The number of amides is 1. The summed E-state index contributed by atoms with van der Waals surface area (Å²) < 4.78 is 45.4. The quantitative estimate of drug-likeness (QED) is 0.490. The van der Waals surface area contributed by atoms with Gasteiger partial charge in [0, 0.05) is 0 Å². The highest BCUT2D eigenvalue weighted by Crippen LogP contribution is 2.25. The van der Waals surface area contributed by atoms with E-state index >= 15 is 0 Å². The van der Waals surface area contributed by atoms with Crippen LogP contribution in [-0.2, 0) is 14.4 Å². The third-order valence-corrected chi connectivity index (χ3v) is 2.99. The topological polar surface area (TPSA) is 127 Å². The van der Waals surface area contributed by atoms with Crippen molar-refractivity contribution in [3.8, 4) is 11.3 Å². The van der Waals surface area contributed by atoms with E-state index < -0.39 is 27.8 Å². The molecular formula is C13H12FN3O5S. The van der Waals surface area contributed by atoms with Crippen molar-refractivity contribution in [3.05, 3.63) is 48.0 Å². The van der Waals surface area contributed by atoms with Gasteiger partial charge in [-0.3, -0.25) is 10.2 Å². The zero-order valence-corrected chi connectivity index (χ0v) is 12.6. The van der Waals surface area contributed by atoms with Crippen LogP contribution in [0.3, 0.4) is 0 Å². The van der Waals surface area contributed by atoms with E-state index in [1.54, 1.807) is 6.07 Å². The maximum absolute atomic E-state index is 13.7. The summed E-state index contributed by atoms with van der Waals surface area (Å²) in [5.74, 6) is -2.96. The summed E-state index contributed by atoms with van der Waals surface area (Å²) in [6.45, 7) is 0. The fraction of sp³-hybridized carbons (Fsp3) is 0.0769. The first kappa shape index (κ1) is 16.6. The lowest BCUT2D eigenvalue weighted by Crippen LogP contribution is -2.42. The molecule has 0 unspecified atom stereocenters. The van der Waals surface area contributed by atoms with Crippen molar-refractivity contribution in [3.63, 3.8) is 0 Å². The number of hydrogen-bond acceptors (Lipinski definition) is 6. The predicted molar refractivity (Wildman–Crippen MR) is 78.1 cm³/mol. The standard InChI is InChI=1S/C13H12FN3O5S/c1-23(19,20)22-17(13(15)16)12(18)11-7-6-10(21-11)8-4-2-3-5-9(8)14/h2-7H,1H3,(H3,15,16). The second kappa shape index (κ2) is 6.18. The van der Waals surface area contributed by atoms with Crippen molar-refractivity contribution in [1.82, 2.24) is 5.06 Å². The molecule has 0 saturated carbocycles. The van der Waals surface area contributed by atoms with Gasteiger partial charge >= 0.3 is 5.91 Å². The highest BCUT2D eigenvalue weighted by atomic mass is 32.2. The summed E-state index contributed by atoms with van der Waals surface area (Å²) in [6.07, 6.45) is 0.684. The Morgan fingerprint density at radius 2 is 1.96 bits per heavy atom. The molecule has 2 aromatic rings. The van der Waals surface area contributed by atoms with E-state index in [2.05, 4.69) is 4.28 Å². The van der Waals surface area contributed by atoms with Gasteiger partial charge in [0.2, 0.25) is 5.96 Å². The molecule has 0 radical (unpaired) electrons. The van der Waals surface area contributed by atoms with Crippen LogP contribution in [0.1, 0.15) is 10.6 Å². The number of furan rings is 1. The number of nitrogens with one attached hydrogen (secondary N) is 1. The molecule has 23 heavy (non-hydrogen) atoms. The second-order valence-corrected chi connectivity index (χ2v) is 5.96. The third kappa shape index (κ3) is 3.93. The number of hydroxylamine groups is 2. The molecule has 122 valence electrons. The molecule has 1 amide bonds. The molecule has 0 aliphatic heterocycles. The number of benzene rings is 1. The molecule has 0 aliphatic carbocycles. The lowest BCUT2D eigenvalue weighted by atomic mass is 10.1. The highest BCUT2D eigenvalue weighted by Gasteiger charge is 2.27. The van der Waals surface area contributed by atoms with Gasteiger partial charge in [-0.1, -0.05) is 12.1 Å². The van der Waals surface area contributed by atoms with Gasteiger partial charge in [-0.25, -0.2) is 4.39 Å². The highest BCUT2D eigenvalue weighted by molar-refractivity contribution is 7.85. The molecule has 2 rings (SSSR count). The number of carbonyl (C=O) groups excluding carboxylic acids is 1. The summed E-state index contributed by atoms with van der Waals surface area (Å²) in [5, 5.41) is 7.26. The molecule has 10 heteroatoms. The molecule has 0 fully saturated rings. The molecule has 0 atom stereocenters. The summed E-state index contributed by atoms with van der Waals surface area (Å²) >= 11 is 0. The Hall–Kier alpha value is -2.72. The molecule has 8 nitrogen and oxygen atoms in total. The molecule has 3 N–H and O–H groups in total. The monoisotopic (exact) mass is 341 g/mol. The maximum atomic E-state index is 13.7. The van der Waals surface area contributed by atoms with Gasteiger partial charge in [0.15, 0.2) is 5.76 Å². The summed E-state index contributed by atoms with van der Waals surface area (Å²) in [4.78, 5) is 12.1. The first-order valence-electron chi connectivity index (χ1n) is 6.12. The molecule has 1 aromatic carbocycles. The van der Waals surface area contributed by atoms with E-state index in [1.807, 2.05) is 0 Å². The molecular weight excluding hydrogens is 329 g/mol. The van der Waals surface area contributed by atoms with Crippen LogP contribution in [-0.4, -0.2) is 31.6 Å². The van der Waals surface area contributed by atoms with E-state index in [-0.39, 0.29) is 22.1 Å². The van der Waals surface area contributed by atoms with Crippen molar-refractivity contribution in [2.75, 3.05) is 6.26 Å². The molecule has 0 aliphatic rings. The van der Waals surface area contributed by atoms with Crippen LogP contribution in [0.25, 0.3) is 11.3 Å². The molecule has 1 heterocycles. The average molecular weight is 341 g/mol. The molecule has 0 saturated heterocycles. The van der Waals surface area contributed by atoms with Crippen LogP contribution in [0.15, 0.2) is 40.8 Å². The van der Waals surface area contributed by atoms with Gasteiger partial charge in [0.05, 0.1) is 11.8 Å². The Kier molecular flexibility index (Phi) is 4.48. The number of rotatable bonds is 4. The smallest absolute Gasteiger partial charge is 0.321 e. The Morgan fingerprint density at radius 1 is 1.30 bits per heavy atom. The lowest BCUT2D eigenvalue weighted by molar-refractivity contribution is 0.0173. The Bertz CT molecular complexity index is 862. The Labute approximate surface area is 130 Å². The van der Waals surface area contributed by atoms with Crippen molar-refractivity contribution in [2.45, 2.75) is 0 Å². The summed E-state index contributed by atoms with van der Waals surface area (Å²) in [6, 6.07) is 8.24. The van der Waals surface area contributed by atoms with Gasteiger partial charge in [0.25, 0.3) is 10.1 Å². The van der Waals surface area contributed by atoms with Crippen LogP contribution < -0.4 is 5.73 Å². The SMILES string of the molecule is CS(=O)(=O)ON(C(=N)N)C(=O)c1ccc(-c2ccccc2F)o1. The minimum Gasteiger partial charge on any atom is -0.451 e. The number of hydrogen-bond donors (Lipinski definition) is 2. The average Bonchev–Trinajstić information content (AvgIpc) is 2.93. The Balaban J connectivity index is 2.33. The van der Waals surface area contributed by atoms with Gasteiger partial charge in [-0.2, -0.15) is 8.42 Å². The van der Waals surface area contributed by atoms with Crippen LogP contribution in [0.2, 0.25) is 0 Å². The van der Waals surface area contributed by atoms with Crippen molar-refractivity contribution < 1.29 is 26.3 Å². The lowest BCUT2D eigenvalue weighted by Gasteiger charge is -2.16. The van der Waals surface area contributed by atoms with Gasteiger partial charge < -0.3 is 10.2 Å². The van der Waals surface area contributed by atoms with Crippen molar-refractivity contribution in [2.24, 2.45) is 5.73 Å². The zero-order chi connectivity index (χ0) is 17.2. The fourth-order valence-electron chi connectivity index (χ4n) is 1.68. The first-order valence-corrected chi connectivity index (χ1v) is 7.93. The largest absolute Gasteiger partial charge is 0.451 e. The Morgan fingerprint density at radius 3 is 2.52 bits per heavy atom. The van der Waals surface area contributed by atoms with E-state index in [9.17, 15) is 17.6 Å². The van der Waals surface area contributed by atoms with E-state index in [1.165, 1.54) is 30.3 Å². The minimum absolute atomic E-state index is 0.0503. The minimum atomic E-state index is -4.09. The maximum Gasteiger partial charge on any atom is 0.321 e. The molecule has 1 aromatic heterocycles. The number of halogens is 1. The van der Waals surface area contributed by atoms with Crippen molar-refractivity contribution in [1.29, 1.82) is 5.41 Å². The van der Waals surface area contributed by atoms with E-state index in [4.69, 9.17) is 15.6 Å². The number of carbonyl (C=O) groups is 1. The van der Waals surface area contributed by atoms with Crippen LogP contribution in [0, 0.1) is 11.2 Å². The van der Waals surface area contributed by atoms with Crippen LogP contribution in [0.5, 0.6) is 0 Å². The third-order valence-electron chi connectivity index (χ3n) is 2.57. The second-order valence-electron chi connectivity index (χ2n) is 4.41. The van der Waals surface area contributed by atoms with E-state index in [0.717, 1.165) is 0 Å². The summed E-state index contributed by atoms with van der Waals surface area (Å²) in [5.41, 5.74) is 5.24. The van der Waals surface area contributed by atoms with Crippen molar-refractivity contribution >= 4 is 22.0 Å². The predicted octanol–water partition coefficient (Wildman–Crippen LogP) is 1.31. The summed E-state index contributed by atoms with van der Waals surface area (Å²) in [7, 11) is -4.09. The molecule has 0 spiro atoms.